The van der Waals surface area contributed by atoms with Gasteiger partial charge in [-0.2, -0.15) is 4.98 Å². The van der Waals surface area contributed by atoms with E-state index < -0.39 is 14.2 Å². The molecule has 0 bridgehead atoms. The summed E-state index contributed by atoms with van der Waals surface area (Å²) in [5.41, 5.74) is 1.45. The first-order valence-corrected chi connectivity index (χ1v) is 8.39. The Morgan fingerprint density at radius 3 is 2.05 bits per heavy atom. The molecule has 0 fully saturated rings. The van der Waals surface area contributed by atoms with Gasteiger partial charge in [-0.1, -0.05) is 48.5 Å². The maximum absolute atomic E-state index is 11.5. The number of nitrogens with zero attached hydrogens (tertiary/aromatic N) is 3. The normalized spacial score (nSPS) is 11.5. The van der Waals surface area contributed by atoms with Gasteiger partial charge in [0.1, 0.15) is 0 Å². The van der Waals surface area contributed by atoms with E-state index in [1.165, 1.54) is 4.68 Å². The highest BCUT2D eigenvalue weighted by atomic mass is 35.7. The van der Waals surface area contributed by atoms with Crippen LogP contribution in [0.3, 0.4) is 0 Å². The average Bonchev–Trinajstić information content (AvgIpc) is 2.94. The van der Waals surface area contributed by atoms with Crippen molar-refractivity contribution >= 4 is 19.7 Å². The van der Waals surface area contributed by atoms with Crippen molar-refractivity contribution in [3.63, 3.8) is 0 Å². The minimum absolute atomic E-state index is 0.410. The van der Waals surface area contributed by atoms with E-state index in [-0.39, 0.29) is 0 Å². The molecule has 1 heterocycles. The molecule has 7 heteroatoms. The summed E-state index contributed by atoms with van der Waals surface area (Å²) in [5, 5.41) is 3.60. The van der Waals surface area contributed by atoms with Crippen molar-refractivity contribution in [2.75, 3.05) is 0 Å². The summed E-state index contributed by atoms with van der Waals surface area (Å²) in [7, 11) is 1.36. The van der Waals surface area contributed by atoms with E-state index in [1.807, 2.05) is 60.7 Å². The van der Waals surface area contributed by atoms with Gasteiger partial charge in [0.15, 0.2) is 5.82 Å². The molecule has 0 saturated carbocycles. The molecule has 0 atom stereocenters. The van der Waals surface area contributed by atoms with Gasteiger partial charge in [0.25, 0.3) is 14.2 Å². The van der Waals surface area contributed by atoms with Crippen LogP contribution >= 0.6 is 10.7 Å². The smallest absolute Gasteiger partial charge is 0.212 e. The van der Waals surface area contributed by atoms with Crippen LogP contribution in [-0.4, -0.2) is 23.2 Å². The fraction of sp³-hybridized carbons (Fsp3) is 0. The Hall–Kier alpha value is -2.18. The van der Waals surface area contributed by atoms with Crippen LogP contribution in [0.1, 0.15) is 0 Å². The van der Waals surface area contributed by atoms with Crippen LogP contribution in [0.4, 0.5) is 0 Å². The van der Waals surface area contributed by atoms with Crippen LogP contribution in [-0.2, 0) is 9.05 Å². The summed E-state index contributed by atoms with van der Waals surface area (Å²) in [4.78, 5) is 4.06. The zero-order valence-electron chi connectivity index (χ0n) is 10.7. The van der Waals surface area contributed by atoms with E-state index in [0.717, 1.165) is 5.56 Å². The topological polar surface area (TPSA) is 64.8 Å². The highest BCUT2D eigenvalue weighted by Gasteiger charge is 2.21. The minimum Gasteiger partial charge on any atom is -0.212 e. The van der Waals surface area contributed by atoms with Gasteiger partial charge in [-0.15, -0.1) is 5.10 Å². The molecule has 3 aromatic rings. The molecule has 21 heavy (non-hydrogen) atoms. The lowest BCUT2D eigenvalue weighted by Crippen LogP contribution is -2.00. The SMILES string of the molecule is O=S(=O)(Cl)c1nc(-c2ccccc2)n(-c2ccccc2)n1. The maximum atomic E-state index is 11.5. The monoisotopic (exact) mass is 319 g/mol. The van der Waals surface area contributed by atoms with Crippen molar-refractivity contribution in [2.24, 2.45) is 0 Å². The zero-order valence-corrected chi connectivity index (χ0v) is 12.3. The number of halogens is 1. The highest BCUT2D eigenvalue weighted by molar-refractivity contribution is 8.13. The Balaban J connectivity index is 2.25. The first kappa shape index (κ1) is 13.8. The van der Waals surface area contributed by atoms with Gasteiger partial charge >= 0.3 is 0 Å². The van der Waals surface area contributed by atoms with E-state index in [0.29, 0.717) is 11.5 Å². The molecule has 0 spiro atoms. The lowest BCUT2D eigenvalue weighted by atomic mass is 10.2. The lowest BCUT2D eigenvalue weighted by molar-refractivity contribution is 0.600. The number of hydrogen-bond donors (Lipinski definition) is 0. The molecular formula is C14H10ClN3O2S. The molecule has 0 aliphatic carbocycles. The Labute approximate surface area is 126 Å². The Kier molecular flexibility index (Phi) is 3.48. The fourth-order valence-electron chi connectivity index (χ4n) is 1.92. The third kappa shape index (κ3) is 2.81. The zero-order chi connectivity index (χ0) is 14.9. The minimum atomic E-state index is -3.99. The first-order chi connectivity index (χ1) is 10.1. The third-order valence-electron chi connectivity index (χ3n) is 2.84. The van der Waals surface area contributed by atoms with Gasteiger partial charge in [-0.05, 0) is 12.1 Å². The molecule has 2 aromatic carbocycles. The van der Waals surface area contributed by atoms with Crippen LogP contribution in [0.2, 0.25) is 0 Å². The van der Waals surface area contributed by atoms with Gasteiger partial charge in [0.05, 0.1) is 5.69 Å². The van der Waals surface area contributed by atoms with Crippen LogP contribution in [0.5, 0.6) is 0 Å². The molecule has 0 N–H and O–H groups in total. The molecular weight excluding hydrogens is 310 g/mol. The van der Waals surface area contributed by atoms with E-state index in [2.05, 4.69) is 10.1 Å². The van der Waals surface area contributed by atoms with Crippen LogP contribution in [0.15, 0.2) is 65.8 Å². The largest absolute Gasteiger partial charge is 0.298 e. The van der Waals surface area contributed by atoms with Gasteiger partial charge in [0.2, 0.25) is 0 Å². The number of hydrogen-bond acceptors (Lipinski definition) is 4. The molecule has 1 aromatic heterocycles. The first-order valence-electron chi connectivity index (χ1n) is 6.08. The van der Waals surface area contributed by atoms with Crippen molar-refractivity contribution in [2.45, 2.75) is 5.16 Å². The second-order valence-electron chi connectivity index (χ2n) is 4.27. The van der Waals surface area contributed by atoms with E-state index >= 15 is 0 Å². The summed E-state index contributed by atoms with van der Waals surface area (Å²) < 4.78 is 24.4. The molecule has 0 amide bonds. The molecule has 0 aliphatic rings. The molecule has 3 rings (SSSR count). The van der Waals surface area contributed by atoms with E-state index in [1.54, 1.807) is 0 Å². The predicted octanol–water partition coefficient (Wildman–Crippen LogP) is 2.86. The fourth-order valence-corrected chi connectivity index (χ4v) is 2.49. The molecule has 0 unspecified atom stereocenters. The van der Waals surface area contributed by atoms with Crippen molar-refractivity contribution < 1.29 is 8.42 Å². The number of aromatic nitrogens is 3. The number of benzene rings is 2. The number of para-hydroxylation sites is 1. The Bertz CT molecular complexity index is 805. The molecule has 106 valence electrons. The molecule has 0 saturated heterocycles. The summed E-state index contributed by atoms with van der Waals surface area (Å²) in [5.74, 6) is 0.418. The van der Waals surface area contributed by atoms with Crippen molar-refractivity contribution in [3.8, 4) is 17.1 Å². The predicted molar refractivity (Wildman–Crippen MR) is 79.8 cm³/mol. The average molecular weight is 320 g/mol. The summed E-state index contributed by atoms with van der Waals surface area (Å²) in [6.07, 6.45) is 0. The van der Waals surface area contributed by atoms with Gasteiger partial charge < -0.3 is 0 Å². The van der Waals surface area contributed by atoms with Crippen molar-refractivity contribution in [1.29, 1.82) is 0 Å². The third-order valence-corrected chi connectivity index (χ3v) is 3.86. The second kappa shape index (κ2) is 5.31. The van der Waals surface area contributed by atoms with Gasteiger partial charge in [0, 0.05) is 16.2 Å². The van der Waals surface area contributed by atoms with Gasteiger partial charge in [-0.3, -0.25) is 0 Å². The highest BCUT2D eigenvalue weighted by Crippen LogP contribution is 2.23. The Morgan fingerprint density at radius 1 is 0.905 bits per heavy atom. The summed E-state index contributed by atoms with van der Waals surface area (Å²) in [6, 6.07) is 18.4. The van der Waals surface area contributed by atoms with Crippen LogP contribution in [0.25, 0.3) is 17.1 Å². The number of rotatable bonds is 3. The maximum Gasteiger partial charge on any atom is 0.298 e. The summed E-state index contributed by atoms with van der Waals surface area (Å²) >= 11 is 0. The quantitative estimate of drug-likeness (QED) is 0.696. The standard InChI is InChI=1S/C14H10ClN3O2S/c15-21(19,20)14-16-13(11-7-3-1-4-8-11)18(17-14)12-9-5-2-6-10-12/h1-10H. The van der Waals surface area contributed by atoms with Crippen molar-refractivity contribution in [1.82, 2.24) is 14.8 Å². The van der Waals surface area contributed by atoms with Crippen LogP contribution < -0.4 is 0 Å². The second-order valence-corrected chi connectivity index (χ2v) is 6.73. The van der Waals surface area contributed by atoms with E-state index in [9.17, 15) is 8.42 Å². The summed E-state index contributed by atoms with van der Waals surface area (Å²) in [6.45, 7) is 0. The molecule has 5 nitrogen and oxygen atoms in total. The van der Waals surface area contributed by atoms with E-state index in [4.69, 9.17) is 10.7 Å². The lowest BCUT2D eigenvalue weighted by Gasteiger charge is -2.05. The molecule has 0 radical (unpaired) electrons. The molecule has 0 aliphatic heterocycles. The van der Waals surface area contributed by atoms with Crippen LogP contribution in [0, 0.1) is 0 Å². The Morgan fingerprint density at radius 2 is 1.48 bits per heavy atom. The van der Waals surface area contributed by atoms with Gasteiger partial charge in [-0.25, -0.2) is 13.1 Å². The van der Waals surface area contributed by atoms with Crippen molar-refractivity contribution in [3.05, 3.63) is 60.7 Å².